The number of nitrogens with one attached hydrogen (secondary N) is 3. The molecule has 3 N–H and O–H groups in total. The van der Waals surface area contributed by atoms with Crippen LogP contribution in [0, 0.1) is 6.92 Å². The molecule has 0 saturated heterocycles. The fourth-order valence-corrected chi connectivity index (χ4v) is 8.93. The van der Waals surface area contributed by atoms with Gasteiger partial charge in [0.05, 0.1) is 70.0 Å². The number of anilines is 3. The number of esters is 1. The van der Waals surface area contributed by atoms with Crippen molar-refractivity contribution < 1.29 is 57.2 Å². The second-order valence-electron chi connectivity index (χ2n) is 18.4. The van der Waals surface area contributed by atoms with E-state index in [0.29, 0.717) is 77.6 Å². The summed E-state index contributed by atoms with van der Waals surface area (Å²) in [6, 6.07) is 28.2. The Morgan fingerprint density at radius 2 is 1.42 bits per heavy atom. The topological polar surface area (TPSA) is 236 Å². The molecule has 0 fully saturated rings. The highest BCUT2D eigenvalue weighted by Crippen LogP contribution is 2.42. The van der Waals surface area contributed by atoms with E-state index in [1.54, 1.807) is 61.3 Å². The molecule has 0 spiro atoms. The summed E-state index contributed by atoms with van der Waals surface area (Å²) in [5.41, 5.74) is 8.64. The quantitative estimate of drug-likeness (QED) is 0.0279. The standard InChI is InChI=1S/C47H46N6O7.C7H12O3.C5H10N2O2/c1-29-14-42(57-4)44(21-38(29)49-23-35-18-32-10-6-8-12-40(32)52(35)28-54)59-26-30-15-31(17-34(16-30)51(3)46(55)25-48-2)27-60-45-22-39-37(20-43(45)58-5)47(56)53-36(24-50-39)19-33-11-7-9-13-41(33)53;1-10-7(9)5-3-2-4-6-8;1-6-4-5(9)7-2-3-8/h6-17,20-24,28,35-36,48H,18-19,25-27H2,1-5H3;6H,2-5H2,1H3;3,6H,2,4H2,1H3,(H,7,9)/t35?,36-;;/m0../s1. The average Bonchev–Trinajstić information content (AvgIpc) is 4.19. The molecule has 79 heavy (non-hydrogen) atoms. The normalized spacial score (nSPS) is 14.4. The van der Waals surface area contributed by atoms with E-state index < -0.39 is 0 Å². The minimum absolute atomic E-state index is 0.0977. The zero-order chi connectivity index (χ0) is 56.8. The number of carbonyl (C=O) groups is 7. The van der Waals surface area contributed by atoms with Crippen LogP contribution in [0.3, 0.4) is 0 Å². The summed E-state index contributed by atoms with van der Waals surface area (Å²) in [5, 5.41) is 7.94. The molecule has 416 valence electrons. The third-order valence-corrected chi connectivity index (χ3v) is 13.0. The number of carbonyl (C=O) groups excluding carboxylic acids is 7. The summed E-state index contributed by atoms with van der Waals surface area (Å²) in [5.74, 6) is 1.19. The monoisotopic (exact) mass is 1080 g/mol. The molecule has 20 nitrogen and oxygen atoms in total. The average molecular weight is 1080 g/mol. The van der Waals surface area contributed by atoms with Gasteiger partial charge in [-0.1, -0.05) is 36.4 Å². The predicted molar refractivity (Wildman–Crippen MR) is 302 cm³/mol. The lowest BCUT2D eigenvalue weighted by atomic mass is 10.1. The van der Waals surface area contributed by atoms with E-state index in [1.165, 1.54) is 14.2 Å². The number of hydrogen-bond donors (Lipinski definition) is 3. The fourth-order valence-electron chi connectivity index (χ4n) is 8.93. The summed E-state index contributed by atoms with van der Waals surface area (Å²) >= 11 is 0. The van der Waals surface area contributed by atoms with E-state index in [9.17, 15) is 33.6 Å². The van der Waals surface area contributed by atoms with Crippen molar-refractivity contribution in [2.45, 2.75) is 70.7 Å². The highest BCUT2D eigenvalue weighted by Gasteiger charge is 2.36. The van der Waals surface area contributed by atoms with Crippen LogP contribution in [0.15, 0.2) is 101 Å². The van der Waals surface area contributed by atoms with Crippen LogP contribution < -0.4 is 49.6 Å². The van der Waals surface area contributed by atoms with Gasteiger partial charge in [-0.2, -0.15) is 0 Å². The van der Waals surface area contributed by atoms with E-state index in [-0.39, 0.29) is 68.6 Å². The molecule has 2 atom stereocenters. The van der Waals surface area contributed by atoms with Gasteiger partial charge in [-0.05, 0) is 104 Å². The number of likely N-dealkylation sites (N-methyl/N-ethyl adjacent to an activating group) is 3. The fraction of sp³-hybridized carbons (Fsp3) is 0.339. The van der Waals surface area contributed by atoms with E-state index in [4.69, 9.17) is 28.9 Å². The zero-order valence-electron chi connectivity index (χ0n) is 45.6. The molecule has 0 saturated carbocycles. The summed E-state index contributed by atoms with van der Waals surface area (Å²) < 4.78 is 28.7. The number of rotatable bonds is 23. The lowest BCUT2D eigenvalue weighted by Crippen LogP contribution is -2.37. The molecule has 0 aromatic heterocycles. The third kappa shape index (κ3) is 15.7. The van der Waals surface area contributed by atoms with E-state index >= 15 is 0 Å². The van der Waals surface area contributed by atoms with E-state index in [0.717, 1.165) is 64.7 Å². The van der Waals surface area contributed by atoms with Gasteiger partial charge in [0.1, 0.15) is 25.8 Å². The predicted octanol–water partition coefficient (Wildman–Crippen LogP) is 6.37. The summed E-state index contributed by atoms with van der Waals surface area (Å²) in [4.78, 5) is 94.1. The largest absolute Gasteiger partial charge is 0.493 e. The molecule has 0 bridgehead atoms. The molecule has 3 heterocycles. The smallest absolute Gasteiger partial charge is 0.305 e. The zero-order valence-corrected chi connectivity index (χ0v) is 45.6. The first-order valence-corrected chi connectivity index (χ1v) is 25.7. The number of methoxy groups -OCH3 is 3. The van der Waals surface area contributed by atoms with Crippen LogP contribution in [0.4, 0.5) is 28.4 Å². The van der Waals surface area contributed by atoms with Crippen molar-refractivity contribution in [2.75, 3.05) is 76.8 Å². The number of unbranched alkanes of at least 4 members (excludes halogenated alkanes) is 2. The molecule has 3 aliphatic rings. The Balaban J connectivity index is 0.000000453. The number of aldehydes is 2. The van der Waals surface area contributed by atoms with Crippen molar-refractivity contribution in [3.05, 3.63) is 124 Å². The molecule has 5 aromatic rings. The first kappa shape index (κ1) is 59.5. The van der Waals surface area contributed by atoms with Gasteiger partial charge >= 0.3 is 5.97 Å². The molecule has 0 aliphatic carbocycles. The van der Waals surface area contributed by atoms with E-state index in [2.05, 4.69) is 20.7 Å². The van der Waals surface area contributed by atoms with Gasteiger partial charge < -0.3 is 59.0 Å². The highest BCUT2D eigenvalue weighted by atomic mass is 16.5. The van der Waals surface area contributed by atoms with E-state index in [1.807, 2.05) is 92.0 Å². The number of para-hydroxylation sites is 2. The van der Waals surface area contributed by atoms with Crippen LogP contribution >= 0.6 is 0 Å². The third-order valence-electron chi connectivity index (χ3n) is 13.0. The van der Waals surface area contributed by atoms with Gasteiger partial charge in [0, 0.05) is 74.4 Å². The number of aryl methyl sites for hydroxylation is 1. The number of benzene rings is 5. The van der Waals surface area contributed by atoms with Crippen LogP contribution in [-0.4, -0.2) is 129 Å². The number of nitrogens with zero attached hydrogens (tertiary/aromatic N) is 5. The number of ether oxygens (including phenoxy) is 5. The van der Waals surface area contributed by atoms with Crippen molar-refractivity contribution in [3.8, 4) is 23.0 Å². The highest BCUT2D eigenvalue weighted by molar-refractivity contribution is 6.14. The number of fused-ring (bicyclic) bond motifs is 5. The Hall–Kier alpha value is -8.75. The molecule has 3 aliphatic heterocycles. The lowest BCUT2D eigenvalue weighted by Gasteiger charge is -2.22. The maximum atomic E-state index is 13.9. The van der Waals surface area contributed by atoms with Crippen molar-refractivity contribution in [1.29, 1.82) is 0 Å². The van der Waals surface area contributed by atoms with Gasteiger partial charge in [-0.3, -0.25) is 38.9 Å². The first-order valence-electron chi connectivity index (χ1n) is 25.7. The Morgan fingerprint density at radius 1 is 0.772 bits per heavy atom. The summed E-state index contributed by atoms with van der Waals surface area (Å²) in [6.45, 7) is 2.70. The summed E-state index contributed by atoms with van der Waals surface area (Å²) in [6.07, 6.45) is 9.81. The molecule has 5 aromatic carbocycles. The van der Waals surface area contributed by atoms with Crippen LogP contribution in [0.1, 0.15) is 63.9 Å². The molecular formula is C59H68N8O12. The molecule has 1 unspecified atom stereocenters. The molecular weight excluding hydrogens is 1010 g/mol. The second-order valence-corrected chi connectivity index (χ2v) is 18.4. The minimum atomic E-state index is -0.214. The van der Waals surface area contributed by atoms with Gasteiger partial charge in [0.15, 0.2) is 23.0 Å². The van der Waals surface area contributed by atoms with Gasteiger partial charge in [-0.25, -0.2) is 0 Å². The maximum absolute atomic E-state index is 13.9. The molecule has 0 radical (unpaired) electrons. The minimum Gasteiger partial charge on any atom is -0.493 e. The van der Waals surface area contributed by atoms with Crippen LogP contribution in [0.5, 0.6) is 23.0 Å². The van der Waals surface area contributed by atoms with Crippen LogP contribution in [0.2, 0.25) is 0 Å². The number of aliphatic imine (C=N–C) groups is 2. The van der Waals surface area contributed by atoms with Crippen molar-refractivity contribution in [2.24, 2.45) is 9.98 Å². The molecule has 4 amide bonds. The van der Waals surface area contributed by atoms with Gasteiger partial charge in [0.2, 0.25) is 18.2 Å². The maximum Gasteiger partial charge on any atom is 0.305 e. The van der Waals surface area contributed by atoms with Crippen molar-refractivity contribution in [1.82, 2.24) is 16.0 Å². The SMILES string of the molecule is CNCC(=O)N(C)c1cc(COc2cc(N=CC3Cc4ccccc4N3C=O)c(C)cc2OC)cc(COc2cc3c(cc2OC)C(=O)N2c4ccccc4C[C@H]2C=N3)c1.CNCC(=O)NCC=O.COC(=O)CCCCC=O. The lowest BCUT2D eigenvalue weighted by molar-refractivity contribution is -0.140. The van der Waals surface area contributed by atoms with Crippen molar-refractivity contribution >= 4 is 83.5 Å². The molecule has 20 heteroatoms. The first-order chi connectivity index (χ1) is 38.3. The Labute approximate surface area is 460 Å². The van der Waals surface area contributed by atoms with Crippen LogP contribution in [0.25, 0.3) is 0 Å². The summed E-state index contributed by atoms with van der Waals surface area (Å²) in [7, 11) is 9.60. The Morgan fingerprint density at radius 3 is 2.05 bits per heavy atom. The Kier molecular flexibility index (Phi) is 22.4. The number of amides is 4. The Bertz CT molecular complexity index is 3040. The van der Waals surface area contributed by atoms with Crippen molar-refractivity contribution in [3.63, 3.8) is 0 Å². The molecule has 8 rings (SSSR count). The number of hydrogen-bond acceptors (Lipinski definition) is 16. The van der Waals surface area contributed by atoms with Crippen LogP contribution in [-0.2, 0) is 59.6 Å². The second kappa shape index (κ2) is 29.7. The van der Waals surface area contributed by atoms with Gasteiger partial charge in [-0.15, -0.1) is 0 Å². The van der Waals surface area contributed by atoms with Gasteiger partial charge in [0.25, 0.3) is 5.91 Å².